The number of phenols is 2. The number of carbonyl (C=O) groups is 4. The average molecular weight is 1000 g/mol. The van der Waals surface area contributed by atoms with Crippen LogP contribution >= 0.6 is 0 Å². The Labute approximate surface area is 422 Å². The number of carbonyl (C=O) groups excluding carboxylic acids is 4. The number of esters is 1. The number of aromatic hydroxyl groups is 2. The van der Waals surface area contributed by atoms with Gasteiger partial charge in [0.05, 0.1) is 41.2 Å². The number of amides is 2. The number of aliphatic hydroxyl groups is 2. The van der Waals surface area contributed by atoms with Crippen molar-refractivity contribution < 1.29 is 58.6 Å². The van der Waals surface area contributed by atoms with Crippen molar-refractivity contribution in [3.05, 3.63) is 58.0 Å². The maximum Gasteiger partial charge on any atom is 0.315 e. The molecule has 2 amide bonds. The summed E-state index contributed by atoms with van der Waals surface area (Å²) >= 11 is 0. The van der Waals surface area contributed by atoms with E-state index < -0.39 is 101 Å². The summed E-state index contributed by atoms with van der Waals surface area (Å²) in [6, 6.07) is 0. The van der Waals surface area contributed by atoms with Crippen molar-refractivity contribution in [1.29, 1.82) is 0 Å². The van der Waals surface area contributed by atoms with E-state index in [1.54, 1.807) is 53.7 Å². The molecule has 0 radical (unpaired) electrons. The molecule has 6 N–H and O–H groups in total. The topological polar surface area (TPSA) is 241 Å². The van der Waals surface area contributed by atoms with Gasteiger partial charge in [0, 0.05) is 99.8 Å². The molecular formula is C54H76N6O12. The Bertz CT molecular complexity index is 2620. The van der Waals surface area contributed by atoms with Gasteiger partial charge in [0.1, 0.15) is 40.4 Å². The van der Waals surface area contributed by atoms with Crippen LogP contribution in [0.2, 0.25) is 0 Å². The van der Waals surface area contributed by atoms with E-state index in [1.807, 2.05) is 0 Å². The highest BCUT2D eigenvalue weighted by atomic mass is 16.7. The fourth-order valence-electron chi connectivity index (χ4n) is 11.0. The van der Waals surface area contributed by atoms with Gasteiger partial charge in [0.15, 0.2) is 5.75 Å². The van der Waals surface area contributed by atoms with E-state index >= 15 is 0 Å². The molecule has 0 unspecified atom stereocenters. The van der Waals surface area contributed by atoms with Crippen molar-refractivity contribution in [3.63, 3.8) is 0 Å². The molecule has 2 fully saturated rings. The van der Waals surface area contributed by atoms with Gasteiger partial charge in [0.25, 0.3) is 11.7 Å². The van der Waals surface area contributed by atoms with Crippen molar-refractivity contribution in [1.82, 2.24) is 15.1 Å². The van der Waals surface area contributed by atoms with Crippen LogP contribution in [0.15, 0.2) is 46.1 Å². The van der Waals surface area contributed by atoms with Crippen LogP contribution in [-0.2, 0) is 28.6 Å². The molecule has 9 atom stereocenters. The predicted molar refractivity (Wildman–Crippen MR) is 270 cm³/mol. The van der Waals surface area contributed by atoms with E-state index in [4.69, 9.17) is 23.9 Å². The van der Waals surface area contributed by atoms with Crippen LogP contribution in [0.5, 0.6) is 17.2 Å². The van der Waals surface area contributed by atoms with Crippen molar-refractivity contribution in [3.8, 4) is 17.2 Å². The Morgan fingerprint density at radius 2 is 1.61 bits per heavy atom. The molecule has 0 saturated carbocycles. The summed E-state index contributed by atoms with van der Waals surface area (Å²) in [6.45, 7) is 21.1. The molecule has 18 heteroatoms. The zero-order valence-corrected chi connectivity index (χ0v) is 43.6. The largest absolute Gasteiger partial charge is 0.507 e. The van der Waals surface area contributed by atoms with Crippen molar-refractivity contribution in [2.45, 2.75) is 137 Å². The van der Waals surface area contributed by atoms with E-state index in [1.165, 1.54) is 38.9 Å². The highest BCUT2D eigenvalue weighted by Crippen LogP contribution is 2.51. The van der Waals surface area contributed by atoms with Crippen LogP contribution in [0.25, 0.3) is 10.8 Å². The standard InChI is InChI=1S/C54H76N6O12/c1-29(2)28-60-23-18-54(19-24-60)57-42-39-40-47(65)35(8)50-41(39)51(67)53(9,72-50)70-26-17-36(69-10)32(5)49(71-38(62)27-37(61)55-20-25-59-21-12-11-13-22-59)34(7)46(64)33(6)45(63)30(3)15-14-16-31(4)52(68)56-44(48(40)66)43(42)58-54/h14-17,26,29-30,32-34,36,45-46,49,57,63-66H,11-13,18-25,27-28H2,1-10H3,(H,55,61)/b15-14+,26-17+,31-16-,56-44?/t30-,32+,33+,34+,36-,45-,46+,49+,53-/m0/s1. The summed E-state index contributed by atoms with van der Waals surface area (Å²) in [4.78, 5) is 69.7. The summed E-state index contributed by atoms with van der Waals surface area (Å²) in [5.41, 5.74) is -0.227. The quantitative estimate of drug-likeness (QED) is 0.113. The molecule has 6 aliphatic rings. The molecule has 2 saturated heterocycles. The number of nitrogens with one attached hydrogen (secondary N) is 2. The second-order valence-electron chi connectivity index (χ2n) is 21.3. The number of fused-ring (bicyclic) bond motifs is 13. The van der Waals surface area contributed by atoms with E-state index in [9.17, 15) is 39.6 Å². The van der Waals surface area contributed by atoms with Gasteiger partial charge in [-0.25, -0.2) is 4.99 Å². The Morgan fingerprint density at radius 3 is 2.28 bits per heavy atom. The second-order valence-corrected chi connectivity index (χ2v) is 21.3. The number of hydrogen-bond donors (Lipinski definition) is 6. The van der Waals surface area contributed by atoms with Gasteiger partial charge < -0.3 is 59.8 Å². The molecular weight excluding hydrogens is 925 g/mol. The summed E-state index contributed by atoms with van der Waals surface area (Å²) in [7, 11) is 1.44. The number of hydrogen-bond acceptors (Lipinski definition) is 16. The van der Waals surface area contributed by atoms with Crippen LogP contribution in [0.4, 0.5) is 5.69 Å². The molecule has 72 heavy (non-hydrogen) atoms. The Hall–Kier alpha value is -5.40. The lowest BCUT2D eigenvalue weighted by atomic mass is 9.78. The molecule has 5 bridgehead atoms. The smallest absolute Gasteiger partial charge is 0.315 e. The average Bonchev–Trinajstić information content (AvgIpc) is 3.85. The third kappa shape index (κ3) is 11.2. The Morgan fingerprint density at radius 1 is 0.917 bits per heavy atom. The number of likely N-dealkylation sites (tertiary alicyclic amines) is 2. The van der Waals surface area contributed by atoms with Gasteiger partial charge in [-0.05, 0) is 51.8 Å². The zero-order valence-electron chi connectivity index (χ0n) is 43.6. The molecule has 394 valence electrons. The van der Waals surface area contributed by atoms with Crippen molar-refractivity contribution in [2.24, 2.45) is 39.6 Å². The predicted octanol–water partition coefficient (Wildman–Crippen LogP) is 4.72. The SMILES string of the molecule is CO[C@H]1/C=C/O[C@@]2(C)Oc3c(C)c(O)c4c(O)c(c5c(c4c3C2=O)NC2(CCN(CC(C)C)CC2)N=5)=NC(=O)/C(C)=C\C=C\[C@H](C)[C@H](O)[C@@H](C)[C@@H](O)[C@@H](C)[C@H](OC(=O)CC(=O)NCCN2CCCCC2)[C@@H]1C. The number of aliphatic hydroxyl groups excluding tert-OH is 2. The van der Waals surface area contributed by atoms with Crippen LogP contribution in [-0.4, -0.2) is 143 Å². The van der Waals surface area contributed by atoms with Gasteiger partial charge in [0.2, 0.25) is 5.91 Å². The van der Waals surface area contributed by atoms with Crippen LogP contribution in [0, 0.1) is 36.5 Å². The molecule has 2 aromatic carbocycles. The van der Waals surface area contributed by atoms with E-state index in [0.717, 1.165) is 32.5 Å². The first kappa shape index (κ1) is 54.4. The number of ether oxygens (including phenoxy) is 4. The number of piperidine rings is 2. The number of nitrogens with zero attached hydrogens (tertiary/aromatic N) is 4. The molecule has 18 nitrogen and oxygen atoms in total. The van der Waals surface area contributed by atoms with Gasteiger partial charge in [-0.15, -0.1) is 0 Å². The summed E-state index contributed by atoms with van der Waals surface area (Å²) in [5.74, 6) is -7.94. The maximum atomic E-state index is 14.9. The first-order valence-electron chi connectivity index (χ1n) is 25.7. The number of Topliss-reactive ketones (excluding diaryl/α,β-unsaturated/α-hetero) is 1. The minimum absolute atomic E-state index is 0.0284. The third-order valence-electron chi connectivity index (χ3n) is 15.4. The third-order valence-corrected chi connectivity index (χ3v) is 15.4. The summed E-state index contributed by atoms with van der Waals surface area (Å²) < 4.78 is 24.5. The number of methoxy groups -OCH3 is 1. The minimum atomic E-state index is -2.01. The normalized spacial score (nSPS) is 30.9. The molecule has 8 rings (SSSR count). The maximum absolute atomic E-state index is 14.9. The zero-order chi connectivity index (χ0) is 52.4. The lowest BCUT2D eigenvalue weighted by Gasteiger charge is -2.38. The lowest BCUT2D eigenvalue weighted by molar-refractivity contribution is -0.164. The van der Waals surface area contributed by atoms with E-state index in [2.05, 4.69) is 39.3 Å². The molecule has 2 aromatic rings. The number of benzene rings is 2. The van der Waals surface area contributed by atoms with Gasteiger partial charge in [-0.2, -0.15) is 0 Å². The van der Waals surface area contributed by atoms with Gasteiger partial charge in [-0.1, -0.05) is 66.2 Å². The number of phenolic OH excluding ortho intramolecular Hbond substituents is 2. The van der Waals surface area contributed by atoms with Crippen LogP contribution in [0.1, 0.15) is 110 Å². The van der Waals surface area contributed by atoms with Gasteiger partial charge in [-0.3, -0.25) is 24.2 Å². The van der Waals surface area contributed by atoms with Crippen molar-refractivity contribution >= 4 is 40.0 Å². The first-order chi connectivity index (χ1) is 34.1. The molecule has 6 aliphatic heterocycles. The fourth-order valence-corrected chi connectivity index (χ4v) is 11.0. The highest BCUT2D eigenvalue weighted by Gasteiger charge is 2.51. The Balaban J connectivity index is 1.28. The monoisotopic (exact) mass is 1000 g/mol. The summed E-state index contributed by atoms with van der Waals surface area (Å²) in [5, 5.41) is 54.1. The van der Waals surface area contributed by atoms with E-state index in [-0.39, 0.29) is 43.9 Å². The first-order valence-corrected chi connectivity index (χ1v) is 25.7. The second kappa shape index (κ2) is 22.4. The number of ketones is 1. The summed E-state index contributed by atoms with van der Waals surface area (Å²) in [6.07, 6.45) is 7.30. The van der Waals surface area contributed by atoms with Crippen LogP contribution in [0.3, 0.4) is 0 Å². The molecule has 6 heterocycles. The highest BCUT2D eigenvalue weighted by molar-refractivity contribution is 6.21. The Kier molecular flexibility index (Phi) is 16.9. The lowest BCUT2D eigenvalue weighted by Crippen LogP contribution is -2.47. The van der Waals surface area contributed by atoms with Crippen LogP contribution < -0.4 is 26.1 Å². The molecule has 0 aromatic heterocycles. The van der Waals surface area contributed by atoms with Crippen molar-refractivity contribution in [2.75, 3.05) is 58.2 Å². The number of rotatable bonds is 9. The molecule has 1 spiro atoms. The number of anilines is 1. The van der Waals surface area contributed by atoms with E-state index in [0.29, 0.717) is 50.6 Å². The fraction of sp³-hybridized carbons (Fsp3) is 0.630. The number of allylic oxidation sites excluding steroid dienone is 2. The molecule has 0 aliphatic carbocycles. The van der Waals surface area contributed by atoms with Gasteiger partial charge >= 0.3 is 11.8 Å². The minimum Gasteiger partial charge on any atom is -0.507 e.